The number of ether oxygens (including phenoxy) is 2. The van der Waals surface area contributed by atoms with Crippen molar-refractivity contribution >= 4 is 23.4 Å². The molecule has 0 saturated carbocycles. The SMILES string of the molecule is COC(=O)C1=C(C(=O)OC)N(c2cc(O)c(C(C)=O)cc2C#N)C(N)=C(C#N)C1c1ccccc1. The lowest BCUT2D eigenvalue weighted by Crippen LogP contribution is -2.41. The van der Waals surface area contributed by atoms with Crippen LogP contribution < -0.4 is 10.6 Å². The highest BCUT2D eigenvalue weighted by Gasteiger charge is 2.43. The molecular formula is C25H20N4O6. The predicted octanol–water partition coefficient (Wildman–Crippen LogP) is 2.36. The molecule has 35 heavy (non-hydrogen) atoms. The van der Waals surface area contributed by atoms with Gasteiger partial charge < -0.3 is 20.3 Å². The molecule has 2 aromatic carbocycles. The number of rotatable bonds is 5. The maximum Gasteiger partial charge on any atom is 0.355 e. The Balaban J connectivity index is 2.49. The summed E-state index contributed by atoms with van der Waals surface area (Å²) in [6.07, 6.45) is 0. The first-order valence-corrected chi connectivity index (χ1v) is 10.1. The van der Waals surface area contributed by atoms with E-state index in [1.54, 1.807) is 30.3 Å². The molecule has 2 aromatic rings. The average Bonchev–Trinajstić information content (AvgIpc) is 2.87. The minimum absolute atomic E-state index is 0.108. The standard InChI is InChI=1S/C25H20N4O6/c1-13(30)16-9-15(11-26)18(10-19(16)31)29-22(25(33)35-3)21(24(32)34-2)20(17(12-27)23(29)28)14-7-5-4-6-8-14/h4-10,20,31H,28H2,1-3H3. The molecule has 0 aromatic heterocycles. The number of carbonyl (C=O) groups excluding carboxylic acids is 3. The second-order valence-corrected chi connectivity index (χ2v) is 7.39. The van der Waals surface area contributed by atoms with Crippen LogP contribution in [-0.4, -0.2) is 37.0 Å². The van der Waals surface area contributed by atoms with Crippen molar-refractivity contribution in [2.75, 3.05) is 19.1 Å². The van der Waals surface area contributed by atoms with Gasteiger partial charge in [-0.2, -0.15) is 10.5 Å². The zero-order valence-electron chi connectivity index (χ0n) is 19.0. The number of hydrogen-bond donors (Lipinski definition) is 2. The molecule has 1 unspecified atom stereocenters. The third-order valence-corrected chi connectivity index (χ3v) is 5.47. The zero-order valence-corrected chi connectivity index (χ0v) is 19.0. The molecule has 1 aliphatic rings. The molecule has 3 rings (SSSR count). The van der Waals surface area contributed by atoms with E-state index in [2.05, 4.69) is 0 Å². The second kappa shape index (κ2) is 9.81. The monoisotopic (exact) mass is 472 g/mol. The lowest BCUT2D eigenvalue weighted by molar-refractivity contribution is -0.139. The number of phenolic OH excluding ortho intramolecular Hbond substituents is 1. The van der Waals surface area contributed by atoms with Crippen molar-refractivity contribution in [1.82, 2.24) is 0 Å². The number of nitrogens with two attached hydrogens (primary N) is 1. The summed E-state index contributed by atoms with van der Waals surface area (Å²) in [6.45, 7) is 1.21. The Morgan fingerprint density at radius 3 is 2.17 bits per heavy atom. The minimum atomic E-state index is -1.09. The van der Waals surface area contributed by atoms with Crippen LogP contribution >= 0.6 is 0 Å². The number of methoxy groups -OCH3 is 2. The Hall–Kier alpha value is -5.09. The van der Waals surface area contributed by atoms with Crippen LogP contribution in [0.4, 0.5) is 5.69 Å². The first-order chi connectivity index (χ1) is 16.7. The van der Waals surface area contributed by atoms with E-state index >= 15 is 0 Å². The van der Waals surface area contributed by atoms with Crippen LogP contribution in [0.5, 0.6) is 5.75 Å². The highest BCUT2D eigenvalue weighted by molar-refractivity contribution is 6.07. The van der Waals surface area contributed by atoms with E-state index in [9.17, 15) is 30.0 Å². The Labute approximate surface area is 200 Å². The molecule has 1 heterocycles. The highest BCUT2D eigenvalue weighted by atomic mass is 16.5. The number of anilines is 1. The summed E-state index contributed by atoms with van der Waals surface area (Å²) < 4.78 is 9.87. The molecule has 0 spiro atoms. The maximum absolute atomic E-state index is 13.1. The summed E-state index contributed by atoms with van der Waals surface area (Å²) in [4.78, 5) is 39.0. The molecule has 176 valence electrons. The number of carbonyl (C=O) groups is 3. The van der Waals surface area contributed by atoms with Crippen molar-refractivity contribution in [3.8, 4) is 17.9 Å². The van der Waals surface area contributed by atoms with Gasteiger partial charge >= 0.3 is 11.9 Å². The number of nitrogens with zero attached hydrogens (tertiary/aromatic N) is 3. The molecule has 0 radical (unpaired) electrons. The van der Waals surface area contributed by atoms with Crippen LogP contribution in [0.3, 0.4) is 0 Å². The van der Waals surface area contributed by atoms with Crippen LogP contribution in [-0.2, 0) is 19.1 Å². The van der Waals surface area contributed by atoms with E-state index in [1.165, 1.54) is 6.92 Å². The van der Waals surface area contributed by atoms with Gasteiger partial charge in [0.05, 0.1) is 54.2 Å². The van der Waals surface area contributed by atoms with Crippen molar-refractivity contribution in [3.05, 3.63) is 81.8 Å². The van der Waals surface area contributed by atoms with Crippen molar-refractivity contribution in [3.63, 3.8) is 0 Å². The van der Waals surface area contributed by atoms with E-state index in [0.717, 1.165) is 31.3 Å². The fourth-order valence-corrected chi connectivity index (χ4v) is 3.90. The van der Waals surface area contributed by atoms with Gasteiger partial charge in [-0.15, -0.1) is 0 Å². The van der Waals surface area contributed by atoms with Crippen molar-refractivity contribution in [1.29, 1.82) is 10.5 Å². The van der Waals surface area contributed by atoms with Gasteiger partial charge in [-0.05, 0) is 18.6 Å². The third-order valence-electron chi connectivity index (χ3n) is 5.47. The molecule has 1 atom stereocenters. The van der Waals surface area contributed by atoms with Gasteiger partial charge in [0.1, 0.15) is 23.3 Å². The minimum Gasteiger partial charge on any atom is -0.507 e. The van der Waals surface area contributed by atoms with E-state index < -0.39 is 35.1 Å². The number of aromatic hydroxyl groups is 1. The molecule has 1 aliphatic heterocycles. The van der Waals surface area contributed by atoms with Crippen LogP contribution in [0.25, 0.3) is 0 Å². The zero-order chi connectivity index (χ0) is 25.9. The number of hydrogen-bond acceptors (Lipinski definition) is 10. The molecule has 0 fully saturated rings. The van der Waals surface area contributed by atoms with Gasteiger partial charge in [-0.25, -0.2) is 9.59 Å². The van der Waals surface area contributed by atoms with Crippen LogP contribution in [0, 0.1) is 22.7 Å². The number of Topliss-reactive ketones (excluding diaryl/α,β-unsaturated/α-hetero) is 1. The molecule has 3 N–H and O–H groups in total. The van der Waals surface area contributed by atoms with E-state index in [4.69, 9.17) is 15.2 Å². The van der Waals surface area contributed by atoms with Crippen molar-refractivity contribution in [2.24, 2.45) is 5.73 Å². The van der Waals surface area contributed by atoms with Crippen LogP contribution in [0.15, 0.2) is 65.1 Å². The number of phenols is 1. The fourth-order valence-electron chi connectivity index (χ4n) is 3.90. The Morgan fingerprint density at radius 2 is 1.66 bits per heavy atom. The van der Waals surface area contributed by atoms with Crippen molar-refractivity contribution in [2.45, 2.75) is 12.8 Å². The molecule has 10 nitrogen and oxygen atoms in total. The van der Waals surface area contributed by atoms with Gasteiger partial charge in [0.25, 0.3) is 0 Å². The Kier molecular flexibility index (Phi) is 6.88. The van der Waals surface area contributed by atoms with Crippen LogP contribution in [0.2, 0.25) is 0 Å². The van der Waals surface area contributed by atoms with E-state index in [1.807, 2.05) is 12.1 Å². The van der Waals surface area contributed by atoms with Crippen molar-refractivity contribution < 1.29 is 29.0 Å². The first-order valence-electron chi connectivity index (χ1n) is 10.1. The summed E-state index contributed by atoms with van der Waals surface area (Å²) >= 11 is 0. The van der Waals surface area contributed by atoms with Gasteiger partial charge in [-0.3, -0.25) is 9.69 Å². The predicted molar refractivity (Wildman–Crippen MR) is 122 cm³/mol. The summed E-state index contributed by atoms with van der Waals surface area (Å²) in [6, 6.07) is 14.5. The molecule has 0 amide bonds. The van der Waals surface area contributed by atoms with Crippen LogP contribution in [0.1, 0.15) is 34.3 Å². The molecule has 10 heteroatoms. The number of allylic oxidation sites excluding steroid dienone is 1. The Bertz CT molecular complexity index is 1380. The lowest BCUT2D eigenvalue weighted by Gasteiger charge is -2.36. The second-order valence-electron chi connectivity index (χ2n) is 7.39. The fraction of sp³-hybridized carbons (Fsp3) is 0.160. The molecule has 0 saturated heterocycles. The van der Waals surface area contributed by atoms with Gasteiger partial charge in [0.2, 0.25) is 0 Å². The molecule has 0 aliphatic carbocycles. The smallest absolute Gasteiger partial charge is 0.355 e. The maximum atomic E-state index is 13.1. The van der Waals surface area contributed by atoms with E-state index in [-0.39, 0.29) is 33.8 Å². The summed E-state index contributed by atoms with van der Waals surface area (Å²) in [5.41, 5.74) is 5.65. The molecule has 0 bridgehead atoms. The quantitative estimate of drug-likeness (QED) is 0.487. The topological polar surface area (TPSA) is 167 Å². The summed E-state index contributed by atoms with van der Waals surface area (Å²) in [7, 11) is 2.19. The average molecular weight is 472 g/mol. The summed E-state index contributed by atoms with van der Waals surface area (Å²) in [5, 5.41) is 30.3. The number of esters is 2. The number of nitriles is 2. The lowest BCUT2D eigenvalue weighted by atomic mass is 9.80. The third kappa shape index (κ3) is 4.16. The number of benzene rings is 2. The normalized spacial score (nSPS) is 15.2. The first kappa shape index (κ1) is 24.6. The van der Waals surface area contributed by atoms with Gasteiger partial charge in [0.15, 0.2) is 5.78 Å². The highest BCUT2D eigenvalue weighted by Crippen LogP contribution is 2.44. The Morgan fingerprint density at radius 1 is 1.03 bits per heavy atom. The molecular weight excluding hydrogens is 452 g/mol. The van der Waals surface area contributed by atoms with E-state index in [0.29, 0.717) is 5.56 Å². The van der Waals surface area contributed by atoms with Gasteiger partial charge in [-0.1, -0.05) is 30.3 Å². The summed E-state index contributed by atoms with van der Waals surface area (Å²) in [5.74, 6) is -4.31. The van der Waals surface area contributed by atoms with Gasteiger partial charge in [0, 0.05) is 6.07 Å². The number of ketones is 1. The largest absolute Gasteiger partial charge is 0.507 e.